The summed E-state index contributed by atoms with van der Waals surface area (Å²) in [6, 6.07) is 8.48. The van der Waals surface area contributed by atoms with Gasteiger partial charge < -0.3 is 14.4 Å². The summed E-state index contributed by atoms with van der Waals surface area (Å²) in [5.41, 5.74) is -0.338. The van der Waals surface area contributed by atoms with Crippen LogP contribution in [0.15, 0.2) is 35.2 Å². The molecular formula is C19H26N2O5S. The molecule has 27 heavy (non-hydrogen) atoms. The van der Waals surface area contributed by atoms with Crippen LogP contribution in [0.5, 0.6) is 0 Å². The molecule has 1 atom stereocenters. The van der Waals surface area contributed by atoms with Crippen molar-refractivity contribution in [1.29, 1.82) is 0 Å². The van der Waals surface area contributed by atoms with E-state index in [1.165, 1.54) is 4.31 Å². The lowest BCUT2D eigenvalue weighted by Crippen LogP contribution is -2.49. The Bertz CT molecular complexity index is 771. The van der Waals surface area contributed by atoms with Crippen LogP contribution < -0.4 is 0 Å². The minimum atomic E-state index is -3.61. The average Bonchev–Trinajstić information content (AvgIpc) is 3.08. The molecule has 3 saturated heterocycles. The maximum absolute atomic E-state index is 13.3. The maximum Gasteiger partial charge on any atom is 0.243 e. The normalized spacial score (nSPS) is 26.4. The summed E-state index contributed by atoms with van der Waals surface area (Å²) in [5.74, 6) is -0.260. The fraction of sp³-hybridized carbons (Fsp3) is 0.632. The first kappa shape index (κ1) is 18.9. The third-order valence-electron chi connectivity index (χ3n) is 6.11. The van der Waals surface area contributed by atoms with E-state index in [0.29, 0.717) is 58.9 Å². The van der Waals surface area contributed by atoms with Gasteiger partial charge in [-0.15, -0.1) is 0 Å². The van der Waals surface area contributed by atoms with Gasteiger partial charge >= 0.3 is 0 Å². The highest BCUT2D eigenvalue weighted by molar-refractivity contribution is 7.89. The van der Waals surface area contributed by atoms with Crippen molar-refractivity contribution < 1.29 is 22.7 Å². The van der Waals surface area contributed by atoms with Crippen LogP contribution in [0.3, 0.4) is 0 Å². The van der Waals surface area contributed by atoms with Gasteiger partial charge in [-0.2, -0.15) is 4.31 Å². The predicted molar refractivity (Wildman–Crippen MR) is 98.6 cm³/mol. The van der Waals surface area contributed by atoms with E-state index in [4.69, 9.17) is 9.47 Å². The summed E-state index contributed by atoms with van der Waals surface area (Å²) in [6.45, 7) is 4.02. The van der Waals surface area contributed by atoms with Crippen molar-refractivity contribution in [3.05, 3.63) is 30.3 Å². The van der Waals surface area contributed by atoms with Gasteiger partial charge in [0, 0.05) is 44.8 Å². The zero-order chi connectivity index (χ0) is 18.9. The van der Waals surface area contributed by atoms with Crippen LogP contribution in [0.4, 0.5) is 0 Å². The van der Waals surface area contributed by atoms with E-state index in [9.17, 15) is 13.2 Å². The monoisotopic (exact) mass is 394 g/mol. The Balaban J connectivity index is 1.62. The first-order chi connectivity index (χ1) is 13.0. The molecule has 0 aromatic heterocycles. The summed E-state index contributed by atoms with van der Waals surface area (Å²) in [4.78, 5) is 15.4. The van der Waals surface area contributed by atoms with Gasteiger partial charge in [0.25, 0.3) is 0 Å². The van der Waals surface area contributed by atoms with Gasteiger partial charge in [-0.05, 0) is 25.0 Å². The molecular weight excluding hydrogens is 368 g/mol. The summed E-state index contributed by atoms with van der Waals surface area (Å²) in [5, 5.41) is 0. The van der Waals surface area contributed by atoms with Crippen LogP contribution in [0.1, 0.15) is 12.8 Å². The number of ether oxygens (including phenoxy) is 2. The SMILES string of the molecule is O=C([C@H]1CN(S(=O)(=O)c2ccccc2)CC12CCOCC2)N1CCOCC1. The molecule has 0 unspecified atom stereocenters. The van der Waals surface area contributed by atoms with Crippen LogP contribution >= 0.6 is 0 Å². The highest BCUT2D eigenvalue weighted by atomic mass is 32.2. The smallest absolute Gasteiger partial charge is 0.243 e. The Kier molecular flexibility index (Phi) is 5.24. The van der Waals surface area contributed by atoms with Gasteiger partial charge in [0.2, 0.25) is 15.9 Å². The molecule has 3 aliphatic rings. The zero-order valence-electron chi connectivity index (χ0n) is 15.4. The van der Waals surface area contributed by atoms with E-state index < -0.39 is 10.0 Å². The number of amides is 1. The van der Waals surface area contributed by atoms with Crippen LogP contribution in [0, 0.1) is 11.3 Å². The van der Waals surface area contributed by atoms with Crippen LogP contribution in [-0.4, -0.2) is 76.1 Å². The molecule has 3 heterocycles. The average molecular weight is 394 g/mol. The Morgan fingerprint density at radius 3 is 2.30 bits per heavy atom. The summed E-state index contributed by atoms with van der Waals surface area (Å²) < 4.78 is 38.7. The fourth-order valence-corrected chi connectivity index (χ4v) is 6.05. The second-order valence-corrected chi connectivity index (χ2v) is 9.51. The highest BCUT2D eigenvalue weighted by Gasteiger charge is 2.54. The van der Waals surface area contributed by atoms with E-state index >= 15 is 0 Å². The van der Waals surface area contributed by atoms with Crippen molar-refractivity contribution in [3.8, 4) is 0 Å². The van der Waals surface area contributed by atoms with E-state index in [0.717, 1.165) is 0 Å². The molecule has 3 aliphatic heterocycles. The fourth-order valence-electron chi connectivity index (χ4n) is 4.48. The zero-order valence-corrected chi connectivity index (χ0v) is 16.2. The molecule has 0 N–H and O–H groups in total. The molecule has 0 radical (unpaired) electrons. The number of nitrogens with zero attached hydrogens (tertiary/aromatic N) is 2. The van der Waals surface area contributed by atoms with Crippen molar-refractivity contribution >= 4 is 15.9 Å². The van der Waals surface area contributed by atoms with Gasteiger partial charge in [0.1, 0.15) is 0 Å². The van der Waals surface area contributed by atoms with Crippen LogP contribution in [0.2, 0.25) is 0 Å². The molecule has 148 valence electrons. The molecule has 0 bridgehead atoms. The van der Waals surface area contributed by atoms with Crippen molar-refractivity contribution in [2.24, 2.45) is 11.3 Å². The molecule has 1 spiro atoms. The van der Waals surface area contributed by atoms with E-state index in [1.807, 2.05) is 4.90 Å². The molecule has 1 amide bonds. The van der Waals surface area contributed by atoms with E-state index in [1.54, 1.807) is 30.3 Å². The molecule has 3 fully saturated rings. The Morgan fingerprint density at radius 1 is 1.00 bits per heavy atom. The number of carbonyl (C=O) groups excluding carboxylic acids is 1. The standard InChI is InChI=1S/C19H26N2O5S/c22-18(20-8-12-26-13-9-20)17-14-21(15-19(17)6-10-25-11-7-19)27(23,24)16-4-2-1-3-5-16/h1-5,17H,6-15H2/t17-/m1/s1. The largest absolute Gasteiger partial charge is 0.381 e. The molecule has 0 saturated carbocycles. The molecule has 7 nitrogen and oxygen atoms in total. The third kappa shape index (κ3) is 3.51. The Morgan fingerprint density at radius 2 is 1.63 bits per heavy atom. The first-order valence-corrected chi connectivity index (χ1v) is 11.0. The first-order valence-electron chi connectivity index (χ1n) is 9.52. The van der Waals surface area contributed by atoms with Crippen molar-refractivity contribution in [1.82, 2.24) is 9.21 Å². The number of sulfonamides is 1. The van der Waals surface area contributed by atoms with Crippen molar-refractivity contribution in [3.63, 3.8) is 0 Å². The number of carbonyl (C=O) groups is 1. The van der Waals surface area contributed by atoms with Crippen molar-refractivity contribution in [2.75, 3.05) is 52.6 Å². The minimum Gasteiger partial charge on any atom is -0.381 e. The van der Waals surface area contributed by atoms with E-state index in [2.05, 4.69) is 0 Å². The number of benzene rings is 1. The lowest BCUT2D eigenvalue weighted by Gasteiger charge is -2.39. The number of morpholine rings is 1. The van der Waals surface area contributed by atoms with Gasteiger partial charge in [-0.25, -0.2) is 8.42 Å². The summed E-state index contributed by atoms with van der Waals surface area (Å²) >= 11 is 0. The number of hydrogen-bond acceptors (Lipinski definition) is 5. The summed E-state index contributed by atoms with van der Waals surface area (Å²) in [6.07, 6.45) is 1.43. The van der Waals surface area contributed by atoms with Crippen LogP contribution in [-0.2, 0) is 24.3 Å². The van der Waals surface area contributed by atoms with Gasteiger partial charge in [-0.3, -0.25) is 4.79 Å². The summed E-state index contributed by atoms with van der Waals surface area (Å²) in [7, 11) is -3.61. The quantitative estimate of drug-likeness (QED) is 0.763. The Hall–Kier alpha value is -1.48. The van der Waals surface area contributed by atoms with E-state index in [-0.39, 0.29) is 28.7 Å². The van der Waals surface area contributed by atoms with Crippen molar-refractivity contribution in [2.45, 2.75) is 17.7 Å². The number of hydrogen-bond donors (Lipinski definition) is 0. The molecule has 8 heteroatoms. The highest BCUT2D eigenvalue weighted by Crippen LogP contribution is 2.46. The lowest BCUT2D eigenvalue weighted by atomic mass is 9.71. The maximum atomic E-state index is 13.3. The van der Waals surface area contributed by atoms with Gasteiger partial charge in [-0.1, -0.05) is 18.2 Å². The third-order valence-corrected chi connectivity index (χ3v) is 7.93. The molecule has 1 aromatic carbocycles. The topological polar surface area (TPSA) is 76.2 Å². The lowest BCUT2D eigenvalue weighted by molar-refractivity contribution is -0.144. The Labute approximate surface area is 160 Å². The second-order valence-electron chi connectivity index (χ2n) is 7.58. The molecule has 0 aliphatic carbocycles. The van der Waals surface area contributed by atoms with Crippen LogP contribution in [0.25, 0.3) is 0 Å². The van der Waals surface area contributed by atoms with Gasteiger partial charge in [0.05, 0.1) is 24.0 Å². The molecule has 1 aromatic rings. The number of rotatable bonds is 3. The van der Waals surface area contributed by atoms with Gasteiger partial charge in [0.15, 0.2) is 0 Å². The predicted octanol–water partition coefficient (Wildman–Crippen LogP) is 0.963. The molecule has 4 rings (SSSR count). The second kappa shape index (κ2) is 7.50. The minimum absolute atomic E-state index is 0.0611.